The number of furan rings is 1. The fourth-order valence-electron chi connectivity index (χ4n) is 4.62. The molecule has 0 unspecified atom stereocenters. The lowest BCUT2D eigenvalue weighted by Gasteiger charge is -2.43. The van der Waals surface area contributed by atoms with Crippen LogP contribution in [0.25, 0.3) is 0 Å². The predicted molar refractivity (Wildman–Crippen MR) is 101 cm³/mol. The number of nitrogens with one attached hydrogen (secondary N) is 2. The van der Waals surface area contributed by atoms with Crippen LogP contribution in [-0.2, 0) is 25.7 Å². The molecule has 2 heterocycles. The maximum atomic E-state index is 13.0. The van der Waals surface area contributed by atoms with Gasteiger partial charge in [-0.3, -0.25) is 19.3 Å². The van der Waals surface area contributed by atoms with E-state index in [0.29, 0.717) is 18.6 Å². The Morgan fingerprint density at radius 3 is 2.76 bits per heavy atom. The summed E-state index contributed by atoms with van der Waals surface area (Å²) >= 11 is 0. The molecule has 2 N–H and O–H groups in total. The lowest BCUT2D eigenvalue weighted by molar-refractivity contribution is -0.151. The van der Waals surface area contributed by atoms with Gasteiger partial charge in [0.25, 0.3) is 11.8 Å². The van der Waals surface area contributed by atoms with Crippen molar-refractivity contribution in [3.05, 3.63) is 24.2 Å². The summed E-state index contributed by atoms with van der Waals surface area (Å²) in [5.74, 6) is -0.888. The van der Waals surface area contributed by atoms with E-state index in [4.69, 9.17) is 9.15 Å². The molecule has 0 bridgehead atoms. The van der Waals surface area contributed by atoms with Crippen molar-refractivity contribution in [1.82, 2.24) is 15.5 Å². The number of imide groups is 1. The third kappa shape index (κ3) is 4.78. The minimum atomic E-state index is -0.973. The highest BCUT2D eigenvalue weighted by molar-refractivity contribution is 6.08. The summed E-state index contributed by atoms with van der Waals surface area (Å²) in [6, 6.07) is 2.80. The number of rotatable bonds is 6. The largest absolute Gasteiger partial charge is 0.467 e. The van der Waals surface area contributed by atoms with Gasteiger partial charge in [-0.1, -0.05) is 20.8 Å². The highest BCUT2D eigenvalue weighted by atomic mass is 16.5. The van der Waals surface area contributed by atoms with Gasteiger partial charge >= 0.3 is 12.0 Å². The van der Waals surface area contributed by atoms with Gasteiger partial charge in [-0.2, -0.15) is 0 Å². The first-order chi connectivity index (χ1) is 13.6. The van der Waals surface area contributed by atoms with E-state index in [2.05, 4.69) is 31.4 Å². The van der Waals surface area contributed by atoms with Gasteiger partial charge in [0, 0.05) is 0 Å². The van der Waals surface area contributed by atoms with E-state index < -0.39 is 42.5 Å². The van der Waals surface area contributed by atoms with Gasteiger partial charge in [0.1, 0.15) is 17.8 Å². The normalized spacial score (nSPS) is 25.8. The molecule has 158 valence electrons. The monoisotopic (exact) mass is 405 g/mol. The smallest absolute Gasteiger partial charge is 0.326 e. The van der Waals surface area contributed by atoms with Gasteiger partial charge in [0.2, 0.25) is 0 Å². The fourth-order valence-corrected chi connectivity index (χ4v) is 4.62. The first-order valence-electron chi connectivity index (χ1n) is 9.69. The van der Waals surface area contributed by atoms with Crippen molar-refractivity contribution >= 4 is 23.8 Å². The molecule has 29 heavy (non-hydrogen) atoms. The van der Waals surface area contributed by atoms with Gasteiger partial charge in [-0.05, 0) is 42.7 Å². The second kappa shape index (κ2) is 7.88. The Kier molecular flexibility index (Phi) is 5.68. The van der Waals surface area contributed by atoms with Crippen molar-refractivity contribution in [2.24, 2.45) is 11.3 Å². The van der Waals surface area contributed by atoms with Gasteiger partial charge in [0.15, 0.2) is 6.61 Å². The van der Waals surface area contributed by atoms with Crippen LogP contribution in [0, 0.1) is 11.3 Å². The molecule has 0 aromatic carbocycles. The summed E-state index contributed by atoms with van der Waals surface area (Å²) in [7, 11) is 0. The van der Waals surface area contributed by atoms with Crippen LogP contribution in [0.3, 0.4) is 0 Å². The van der Waals surface area contributed by atoms with Crippen molar-refractivity contribution in [2.75, 3.05) is 13.2 Å². The van der Waals surface area contributed by atoms with Crippen LogP contribution in [0.2, 0.25) is 0 Å². The lowest BCUT2D eigenvalue weighted by Crippen LogP contribution is -2.54. The summed E-state index contributed by atoms with van der Waals surface area (Å²) in [5.41, 5.74) is -1.07. The Balaban J connectivity index is 1.52. The van der Waals surface area contributed by atoms with Crippen LogP contribution in [0.4, 0.5) is 4.79 Å². The molecule has 4 amide bonds. The average molecular weight is 405 g/mol. The number of amides is 4. The zero-order valence-electron chi connectivity index (χ0n) is 16.9. The Bertz CT molecular complexity index is 803. The predicted octanol–water partition coefficient (Wildman–Crippen LogP) is 1.58. The number of esters is 1. The first kappa shape index (κ1) is 20.9. The SMILES string of the molecule is C[C@H]1CC(C)(C)C[C@@]2(C1)NC(=O)N(CC(=O)OCC(=O)NCc1ccco1)C2=O. The van der Waals surface area contributed by atoms with Crippen LogP contribution in [0.5, 0.6) is 0 Å². The zero-order valence-corrected chi connectivity index (χ0v) is 16.9. The Morgan fingerprint density at radius 2 is 2.10 bits per heavy atom. The van der Waals surface area contributed by atoms with Crippen LogP contribution in [-0.4, -0.2) is 47.4 Å². The number of ether oxygens (including phenoxy) is 1. The second-order valence-corrected chi connectivity index (χ2v) is 8.77. The number of nitrogens with zero attached hydrogens (tertiary/aromatic N) is 1. The number of hydrogen-bond donors (Lipinski definition) is 2. The molecule has 1 aliphatic heterocycles. The number of carbonyl (C=O) groups excluding carboxylic acids is 4. The highest BCUT2D eigenvalue weighted by Crippen LogP contribution is 2.46. The first-order valence-corrected chi connectivity index (χ1v) is 9.69. The van der Waals surface area contributed by atoms with E-state index in [1.54, 1.807) is 12.1 Å². The second-order valence-electron chi connectivity index (χ2n) is 8.77. The molecule has 2 atom stereocenters. The summed E-state index contributed by atoms with van der Waals surface area (Å²) in [4.78, 5) is 50.1. The molecule has 2 aliphatic rings. The van der Waals surface area contributed by atoms with Crippen LogP contribution >= 0.6 is 0 Å². The third-order valence-electron chi connectivity index (χ3n) is 5.32. The molecule has 0 radical (unpaired) electrons. The zero-order chi connectivity index (χ0) is 21.2. The molecule has 2 fully saturated rings. The maximum Gasteiger partial charge on any atom is 0.326 e. The van der Waals surface area contributed by atoms with Crippen molar-refractivity contribution in [3.63, 3.8) is 0 Å². The summed E-state index contributed by atoms with van der Waals surface area (Å²) in [5, 5.41) is 5.34. The minimum absolute atomic E-state index is 0.0940. The van der Waals surface area contributed by atoms with E-state index in [-0.39, 0.29) is 17.9 Å². The number of urea groups is 1. The van der Waals surface area contributed by atoms with Crippen LogP contribution in [0.1, 0.15) is 45.8 Å². The highest BCUT2D eigenvalue weighted by Gasteiger charge is 2.56. The van der Waals surface area contributed by atoms with E-state index in [9.17, 15) is 19.2 Å². The van der Waals surface area contributed by atoms with Crippen molar-refractivity contribution in [3.8, 4) is 0 Å². The molecule has 3 rings (SSSR count). The van der Waals surface area contributed by atoms with Gasteiger partial charge in [0.05, 0.1) is 12.8 Å². The molecule has 1 saturated heterocycles. The molecule has 1 saturated carbocycles. The molecular formula is C20H27N3O6. The van der Waals surface area contributed by atoms with Crippen molar-refractivity contribution < 1.29 is 28.3 Å². The van der Waals surface area contributed by atoms with Gasteiger partial charge in [-0.25, -0.2) is 4.79 Å². The Morgan fingerprint density at radius 1 is 1.34 bits per heavy atom. The van der Waals surface area contributed by atoms with E-state index in [1.165, 1.54) is 6.26 Å². The van der Waals surface area contributed by atoms with E-state index in [1.807, 2.05) is 0 Å². The molecule has 9 heteroatoms. The van der Waals surface area contributed by atoms with Crippen molar-refractivity contribution in [1.29, 1.82) is 0 Å². The minimum Gasteiger partial charge on any atom is -0.467 e. The molecule has 1 aromatic heterocycles. The van der Waals surface area contributed by atoms with E-state index >= 15 is 0 Å². The quantitative estimate of drug-likeness (QED) is 0.548. The molecule has 9 nitrogen and oxygen atoms in total. The Labute approximate surface area is 169 Å². The Hall–Kier alpha value is -2.84. The number of hydrogen-bond acceptors (Lipinski definition) is 6. The van der Waals surface area contributed by atoms with Gasteiger partial charge < -0.3 is 19.8 Å². The lowest BCUT2D eigenvalue weighted by atomic mass is 9.64. The standard InChI is InChI=1S/C20H27N3O6/c1-13-7-19(2,3)12-20(8-13)17(26)23(18(27)22-20)10-16(25)29-11-15(24)21-9-14-5-4-6-28-14/h4-6,13H,7-12H2,1-3H3,(H,21,24)(H,22,27)/t13-,20+/m0/s1. The fraction of sp³-hybridized carbons (Fsp3) is 0.600. The summed E-state index contributed by atoms with van der Waals surface area (Å²) < 4.78 is 10.0. The maximum absolute atomic E-state index is 13.0. The molecular weight excluding hydrogens is 378 g/mol. The van der Waals surface area contributed by atoms with Crippen LogP contribution < -0.4 is 10.6 Å². The van der Waals surface area contributed by atoms with E-state index in [0.717, 1.165) is 11.3 Å². The average Bonchev–Trinajstić information content (AvgIpc) is 3.19. The third-order valence-corrected chi connectivity index (χ3v) is 5.32. The topological polar surface area (TPSA) is 118 Å². The molecule has 1 spiro atoms. The number of carbonyl (C=O) groups is 4. The molecule has 1 aromatic rings. The molecule has 1 aliphatic carbocycles. The van der Waals surface area contributed by atoms with Crippen molar-refractivity contribution in [2.45, 2.75) is 52.1 Å². The summed E-state index contributed by atoms with van der Waals surface area (Å²) in [6.45, 7) is 5.35. The van der Waals surface area contributed by atoms with Crippen LogP contribution in [0.15, 0.2) is 22.8 Å². The van der Waals surface area contributed by atoms with Gasteiger partial charge in [-0.15, -0.1) is 0 Å². The summed E-state index contributed by atoms with van der Waals surface area (Å²) in [6.07, 6.45) is 3.52.